The molecule has 0 aliphatic heterocycles. The fraction of sp³-hybridized carbons (Fsp3) is 1.00. The number of aliphatic hydroxyl groups excluding tert-OH is 1. The summed E-state index contributed by atoms with van der Waals surface area (Å²) in [6, 6.07) is 0.699. The lowest BCUT2D eigenvalue weighted by atomic mass is 10.1. The lowest BCUT2D eigenvalue weighted by Crippen LogP contribution is -2.41. The van der Waals surface area contributed by atoms with Crippen LogP contribution in [0.4, 0.5) is 0 Å². The first-order chi connectivity index (χ1) is 6.07. The third-order valence-electron chi connectivity index (χ3n) is 2.17. The molecule has 0 radical (unpaired) electrons. The predicted molar refractivity (Wildman–Crippen MR) is 61.4 cm³/mol. The monoisotopic (exact) mass is 205 g/mol. The standard InChI is InChI=1S/C10H23NOS/c1-5-13-7-6-8(2)11-9(3)10(4)12/h8-12H,5-7H2,1-4H3. The van der Waals surface area contributed by atoms with Crippen molar-refractivity contribution >= 4 is 11.8 Å². The van der Waals surface area contributed by atoms with E-state index in [9.17, 15) is 5.11 Å². The molecule has 0 aromatic rings. The van der Waals surface area contributed by atoms with Crippen molar-refractivity contribution in [2.75, 3.05) is 11.5 Å². The smallest absolute Gasteiger partial charge is 0.0662 e. The van der Waals surface area contributed by atoms with Gasteiger partial charge in [0.25, 0.3) is 0 Å². The van der Waals surface area contributed by atoms with Crippen LogP contribution >= 0.6 is 11.8 Å². The molecule has 3 atom stereocenters. The molecule has 2 nitrogen and oxygen atoms in total. The minimum Gasteiger partial charge on any atom is -0.392 e. The van der Waals surface area contributed by atoms with Gasteiger partial charge in [-0.05, 0) is 38.7 Å². The van der Waals surface area contributed by atoms with Crippen LogP contribution in [-0.2, 0) is 0 Å². The molecule has 0 aliphatic carbocycles. The lowest BCUT2D eigenvalue weighted by molar-refractivity contribution is 0.146. The highest BCUT2D eigenvalue weighted by atomic mass is 32.2. The van der Waals surface area contributed by atoms with Crippen LogP contribution in [0.5, 0.6) is 0 Å². The summed E-state index contributed by atoms with van der Waals surface area (Å²) in [6.07, 6.45) is 0.913. The Balaban J connectivity index is 3.43. The van der Waals surface area contributed by atoms with Gasteiger partial charge in [-0.2, -0.15) is 11.8 Å². The number of aliphatic hydroxyl groups is 1. The van der Waals surface area contributed by atoms with Gasteiger partial charge in [0.15, 0.2) is 0 Å². The van der Waals surface area contributed by atoms with E-state index in [0.717, 1.165) is 0 Å². The first-order valence-electron chi connectivity index (χ1n) is 5.09. The molecule has 80 valence electrons. The zero-order chi connectivity index (χ0) is 10.3. The molecular formula is C10H23NOS. The summed E-state index contributed by atoms with van der Waals surface area (Å²) in [7, 11) is 0. The average molecular weight is 205 g/mol. The van der Waals surface area contributed by atoms with Gasteiger partial charge in [0, 0.05) is 12.1 Å². The summed E-state index contributed by atoms with van der Waals surface area (Å²) in [5, 5.41) is 12.6. The molecular weight excluding hydrogens is 182 g/mol. The Labute approximate surface area is 86.5 Å². The topological polar surface area (TPSA) is 32.3 Å². The zero-order valence-electron chi connectivity index (χ0n) is 9.21. The normalized spacial score (nSPS) is 18.2. The van der Waals surface area contributed by atoms with E-state index >= 15 is 0 Å². The van der Waals surface area contributed by atoms with E-state index in [0.29, 0.717) is 6.04 Å². The van der Waals surface area contributed by atoms with E-state index in [1.54, 1.807) is 0 Å². The highest BCUT2D eigenvalue weighted by Gasteiger charge is 2.11. The molecule has 0 saturated carbocycles. The number of thioether (sulfide) groups is 1. The van der Waals surface area contributed by atoms with Crippen LogP contribution in [0.25, 0.3) is 0 Å². The number of nitrogens with one attached hydrogen (secondary N) is 1. The van der Waals surface area contributed by atoms with Crippen LogP contribution in [-0.4, -0.2) is 34.8 Å². The molecule has 2 N–H and O–H groups in total. The molecule has 0 aromatic heterocycles. The van der Waals surface area contributed by atoms with Gasteiger partial charge in [-0.1, -0.05) is 6.92 Å². The summed E-state index contributed by atoms with van der Waals surface area (Å²) in [5.41, 5.74) is 0. The van der Waals surface area contributed by atoms with Gasteiger partial charge in [0.05, 0.1) is 6.10 Å². The molecule has 0 amide bonds. The lowest BCUT2D eigenvalue weighted by Gasteiger charge is -2.21. The summed E-state index contributed by atoms with van der Waals surface area (Å²) >= 11 is 1.97. The van der Waals surface area contributed by atoms with E-state index in [-0.39, 0.29) is 12.1 Å². The predicted octanol–water partition coefficient (Wildman–Crippen LogP) is 1.88. The second kappa shape index (κ2) is 7.65. The number of hydrogen-bond acceptors (Lipinski definition) is 3. The maximum atomic E-state index is 9.27. The quantitative estimate of drug-likeness (QED) is 0.622. The molecule has 0 saturated heterocycles. The van der Waals surface area contributed by atoms with Crippen molar-refractivity contribution in [1.82, 2.24) is 5.32 Å². The first kappa shape index (κ1) is 13.3. The molecule has 3 heteroatoms. The summed E-state index contributed by atoms with van der Waals surface area (Å²) < 4.78 is 0. The van der Waals surface area contributed by atoms with Gasteiger partial charge in [-0.3, -0.25) is 0 Å². The molecule has 0 bridgehead atoms. The van der Waals surface area contributed by atoms with Crippen molar-refractivity contribution < 1.29 is 5.11 Å². The Kier molecular flexibility index (Phi) is 7.81. The van der Waals surface area contributed by atoms with Crippen LogP contribution in [0.3, 0.4) is 0 Å². The van der Waals surface area contributed by atoms with Crippen LogP contribution < -0.4 is 5.32 Å². The van der Waals surface area contributed by atoms with E-state index < -0.39 is 0 Å². The summed E-state index contributed by atoms with van der Waals surface area (Å²) in [6.45, 7) is 8.20. The van der Waals surface area contributed by atoms with Gasteiger partial charge in [-0.15, -0.1) is 0 Å². The van der Waals surface area contributed by atoms with E-state index in [2.05, 4.69) is 19.2 Å². The molecule has 0 rings (SSSR count). The first-order valence-corrected chi connectivity index (χ1v) is 6.25. The second-order valence-corrected chi connectivity index (χ2v) is 4.98. The molecule has 3 unspecified atom stereocenters. The van der Waals surface area contributed by atoms with Gasteiger partial charge in [0.1, 0.15) is 0 Å². The number of rotatable bonds is 7. The Morgan fingerprint density at radius 2 is 1.92 bits per heavy atom. The van der Waals surface area contributed by atoms with Gasteiger partial charge >= 0.3 is 0 Å². The largest absolute Gasteiger partial charge is 0.392 e. The van der Waals surface area contributed by atoms with E-state index in [4.69, 9.17) is 0 Å². The van der Waals surface area contributed by atoms with Crippen molar-refractivity contribution in [3.05, 3.63) is 0 Å². The fourth-order valence-corrected chi connectivity index (χ4v) is 1.88. The maximum absolute atomic E-state index is 9.27. The maximum Gasteiger partial charge on any atom is 0.0662 e. The molecule has 0 fully saturated rings. The minimum atomic E-state index is -0.263. The SMILES string of the molecule is CCSCCC(C)NC(C)C(C)O. The van der Waals surface area contributed by atoms with Crippen molar-refractivity contribution in [2.45, 2.75) is 52.3 Å². The fourth-order valence-electron chi connectivity index (χ4n) is 1.08. The molecule has 0 heterocycles. The highest BCUT2D eigenvalue weighted by Crippen LogP contribution is 2.05. The van der Waals surface area contributed by atoms with E-state index in [1.165, 1.54) is 17.9 Å². The molecule has 0 spiro atoms. The second-order valence-electron chi connectivity index (χ2n) is 3.58. The Hall–Kier alpha value is 0.270. The van der Waals surface area contributed by atoms with Crippen LogP contribution in [0.2, 0.25) is 0 Å². The van der Waals surface area contributed by atoms with Gasteiger partial charge < -0.3 is 10.4 Å². The third kappa shape index (κ3) is 7.35. The number of hydrogen-bond donors (Lipinski definition) is 2. The Morgan fingerprint density at radius 1 is 1.31 bits per heavy atom. The minimum absolute atomic E-state index is 0.196. The van der Waals surface area contributed by atoms with E-state index in [1.807, 2.05) is 25.6 Å². The van der Waals surface area contributed by atoms with Crippen molar-refractivity contribution in [3.63, 3.8) is 0 Å². The van der Waals surface area contributed by atoms with Crippen LogP contribution in [0.1, 0.15) is 34.1 Å². The Bertz CT molecular complexity index is 119. The van der Waals surface area contributed by atoms with Crippen molar-refractivity contribution in [2.24, 2.45) is 0 Å². The van der Waals surface area contributed by atoms with Crippen LogP contribution in [0, 0.1) is 0 Å². The van der Waals surface area contributed by atoms with Crippen LogP contribution in [0.15, 0.2) is 0 Å². The highest BCUT2D eigenvalue weighted by molar-refractivity contribution is 7.99. The summed E-state index contributed by atoms with van der Waals surface area (Å²) in [5.74, 6) is 2.40. The average Bonchev–Trinajstić information content (AvgIpc) is 2.04. The van der Waals surface area contributed by atoms with Gasteiger partial charge in [0.2, 0.25) is 0 Å². The summed E-state index contributed by atoms with van der Waals surface area (Å²) in [4.78, 5) is 0. The Morgan fingerprint density at radius 3 is 2.38 bits per heavy atom. The van der Waals surface area contributed by atoms with Gasteiger partial charge in [-0.25, -0.2) is 0 Å². The molecule has 0 aliphatic rings. The third-order valence-corrected chi connectivity index (χ3v) is 3.10. The molecule has 13 heavy (non-hydrogen) atoms. The zero-order valence-corrected chi connectivity index (χ0v) is 10.0. The van der Waals surface area contributed by atoms with Crippen molar-refractivity contribution in [3.8, 4) is 0 Å². The molecule has 0 aromatic carbocycles. The van der Waals surface area contributed by atoms with Crippen molar-refractivity contribution in [1.29, 1.82) is 0 Å².